The number of halogens is 3. The molecule has 0 unspecified atom stereocenters. The number of aliphatic hydroxyl groups excluding tert-OH is 1. The van der Waals surface area contributed by atoms with Crippen molar-refractivity contribution in [1.82, 2.24) is 0 Å². The van der Waals surface area contributed by atoms with E-state index in [1.807, 2.05) is 6.92 Å². The first-order valence-electron chi connectivity index (χ1n) is 3.17. The standard InChI is InChI=1S/C4H10O2.C2H3Cl3/c1-2-6-4-3-5;1-2(3,4)5/h5H,2-4H2,1H3;1H3. The van der Waals surface area contributed by atoms with Gasteiger partial charge in [-0.15, -0.1) is 0 Å². The highest BCUT2D eigenvalue weighted by Crippen LogP contribution is 2.23. The van der Waals surface area contributed by atoms with Crippen molar-refractivity contribution in [2.24, 2.45) is 0 Å². The van der Waals surface area contributed by atoms with Crippen LogP contribution in [0.3, 0.4) is 0 Å². The Morgan fingerprint density at radius 1 is 1.36 bits per heavy atom. The molecule has 0 rings (SSSR count). The van der Waals surface area contributed by atoms with Gasteiger partial charge in [-0.05, 0) is 13.8 Å². The molecule has 70 valence electrons. The lowest BCUT2D eigenvalue weighted by Crippen LogP contribution is -1.96. The van der Waals surface area contributed by atoms with Crippen molar-refractivity contribution < 1.29 is 9.84 Å². The molecule has 0 aromatic heterocycles. The van der Waals surface area contributed by atoms with Crippen molar-refractivity contribution in [3.05, 3.63) is 0 Å². The molecule has 11 heavy (non-hydrogen) atoms. The SMILES string of the molecule is CC(Cl)(Cl)Cl.CCOCCO. The highest BCUT2D eigenvalue weighted by molar-refractivity contribution is 6.67. The minimum atomic E-state index is -1.08. The van der Waals surface area contributed by atoms with E-state index in [4.69, 9.17) is 44.6 Å². The average molecular weight is 224 g/mol. The highest BCUT2D eigenvalue weighted by atomic mass is 35.6. The molecule has 5 heteroatoms. The molecule has 0 aliphatic rings. The molecule has 0 amide bonds. The third kappa shape index (κ3) is 58.0. The summed E-state index contributed by atoms with van der Waals surface area (Å²) in [6, 6.07) is 0. The van der Waals surface area contributed by atoms with E-state index in [-0.39, 0.29) is 6.61 Å². The monoisotopic (exact) mass is 222 g/mol. The Kier molecular flexibility index (Phi) is 11.6. The highest BCUT2D eigenvalue weighted by Gasteiger charge is 2.07. The molecule has 0 aromatic carbocycles. The molecule has 0 aromatic rings. The van der Waals surface area contributed by atoms with Gasteiger partial charge < -0.3 is 9.84 Å². The van der Waals surface area contributed by atoms with Crippen LogP contribution < -0.4 is 0 Å². The lowest BCUT2D eigenvalue weighted by molar-refractivity contribution is 0.102. The normalized spacial score (nSPS) is 10.4. The third-order valence-corrected chi connectivity index (χ3v) is 0.440. The summed E-state index contributed by atoms with van der Waals surface area (Å²) in [5, 5.41) is 8.07. The summed E-state index contributed by atoms with van der Waals surface area (Å²) in [6.07, 6.45) is 0. The van der Waals surface area contributed by atoms with Gasteiger partial charge in [0.25, 0.3) is 0 Å². The number of rotatable bonds is 3. The zero-order valence-electron chi connectivity index (χ0n) is 6.61. The summed E-state index contributed by atoms with van der Waals surface area (Å²) < 4.78 is 3.65. The topological polar surface area (TPSA) is 29.5 Å². The van der Waals surface area contributed by atoms with Gasteiger partial charge in [-0.2, -0.15) is 0 Å². The maximum absolute atomic E-state index is 8.07. The average Bonchev–Trinajstić information content (AvgIpc) is 1.79. The summed E-state index contributed by atoms with van der Waals surface area (Å²) in [6.45, 7) is 4.68. The first-order valence-corrected chi connectivity index (χ1v) is 4.30. The van der Waals surface area contributed by atoms with Gasteiger partial charge in [0, 0.05) is 6.61 Å². The van der Waals surface area contributed by atoms with Crippen LogP contribution in [-0.2, 0) is 4.74 Å². The summed E-state index contributed by atoms with van der Waals surface area (Å²) in [5.41, 5.74) is 0. The van der Waals surface area contributed by atoms with Crippen LogP contribution in [0.5, 0.6) is 0 Å². The Morgan fingerprint density at radius 3 is 1.82 bits per heavy atom. The second-order valence-electron chi connectivity index (χ2n) is 1.70. The maximum atomic E-state index is 8.07. The van der Waals surface area contributed by atoms with E-state index in [0.29, 0.717) is 13.2 Å². The van der Waals surface area contributed by atoms with Crippen molar-refractivity contribution in [3.8, 4) is 0 Å². The van der Waals surface area contributed by atoms with Crippen molar-refractivity contribution in [3.63, 3.8) is 0 Å². The van der Waals surface area contributed by atoms with Crippen molar-refractivity contribution in [2.45, 2.75) is 17.6 Å². The fourth-order valence-corrected chi connectivity index (χ4v) is 0.209. The Labute approximate surface area is 82.4 Å². The second kappa shape index (κ2) is 8.88. The van der Waals surface area contributed by atoms with E-state index < -0.39 is 3.79 Å². The summed E-state index contributed by atoms with van der Waals surface area (Å²) in [7, 11) is 0. The van der Waals surface area contributed by atoms with E-state index in [2.05, 4.69) is 0 Å². The van der Waals surface area contributed by atoms with Crippen molar-refractivity contribution >= 4 is 34.8 Å². The molecule has 0 radical (unpaired) electrons. The number of hydrogen-bond acceptors (Lipinski definition) is 2. The molecular formula is C6H13Cl3O2. The van der Waals surface area contributed by atoms with E-state index in [1.165, 1.54) is 6.92 Å². The summed E-state index contributed by atoms with van der Waals surface area (Å²) in [5.74, 6) is 0. The minimum absolute atomic E-state index is 0.133. The number of ether oxygens (including phenoxy) is 1. The van der Waals surface area contributed by atoms with Crippen LogP contribution in [0.25, 0.3) is 0 Å². The Morgan fingerprint density at radius 2 is 1.73 bits per heavy atom. The number of hydrogen-bond donors (Lipinski definition) is 1. The fourth-order valence-electron chi connectivity index (χ4n) is 0.209. The molecule has 2 nitrogen and oxygen atoms in total. The molecule has 0 bridgehead atoms. The zero-order chi connectivity index (χ0) is 9.33. The van der Waals surface area contributed by atoms with Crippen LogP contribution >= 0.6 is 34.8 Å². The van der Waals surface area contributed by atoms with Gasteiger partial charge in [-0.25, -0.2) is 0 Å². The predicted molar refractivity (Wildman–Crippen MR) is 49.5 cm³/mol. The summed E-state index contributed by atoms with van der Waals surface area (Å²) in [4.78, 5) is 0. The largest absolute Gasteiger partial charge is 0.394 e. The second-order valence-corrected chi connectivity index (χ2v) is 4.55. The molecule has 1 N–H and O–H groups in total. The predicted octanol–water partition coefficient (Wildman–Crippen LogP) is 2.39. The number of aliphatic hydroxyl groups is 1. The molecule has 0 saturated heterocycles. The molecule has 0 saturated carbocycles. The fraction of sp³-hybridized carbons (Fsp3) is 1.00. The molecule has 0 aliphatic carbocycles. The smallest absolute Gasteiger partial charge is 0.187 e. The lowest BCUT2D eigenvalue weighted by Gasteiger charge is -1.94. The minimum Gasteiger partial charge on any atom is -0.394 e. The van der Waals surface area contributed by atoms with Crippen LogP contribution in [-0.4, -0.2) is 28.7 Å². The van der Waals surface area contributed by atoms with Gasteiger partial charge in [0.15, 0.2) is 3.79 Å². The van der Waals surface area contributed by atoms with Gasteiger partial charge in [0.05, 0.1) is 13.2 Å². The Bertz CT molecular complexity index is 62.7. The van der Waals surface area contributed by atoms with Crippen LogP contribution in [0.1, 0.15) is 13.8 Å². The Balaban J connectivity index is 0. The van der Waals surface area contributed by atoms with Crippen LogP contribution in [0.15, 0.2) is 0 Å². The Hall–Kier alpha value is 0.790. The van der Waals surface area contributed by atoms with Crippen LogP contribution in [0.4, 0.5) is 0 Å². The van der Waals surface area contributed by atoms with Gasteiger partial charge in [0.1, 0.15) is 0 Å². The molecule has 0 fully saturated rings. The maximum Gasteiger partial charge on any atom is 0.187 e. The third-order valence-electron chi connectivity index (χ3n) is 0.440. The van der Waals surface area contributed by atoms with E-state index in [0.717, 1.165) is 0 Å². The molecule has 0 spiro atoms. The van der Waals surface area contributed by atoms with Crippen LogP contribution in [0, 0.1) is 0 Å². The lowest BCUT2D eigenvalue weighted by atomic mass is 10.8. The molecule has 0 atom stereocenters. The van der Waals surface area contributed by atoms with E-state index in [1.54, 1.807) is 0 Å². The van der Waals surface area contributed by atoms with Gasteiger partial charge in [0.2, 0.25) is 0 Å². The zero-order valence-corrected chi connectivity index (χ0v) is 8.88. The first kappa shape index (κ1) is 14.3. The van der Waals surface area contributed by atoms with Gasteiger partial charge in [-0.1, -0.05) is 34.8 Å². The summed E-state index contributed by atoms with van der Waals surface area (Å²) >= 11 is 15.2. The van der Waals surface area contributed by atoms with E-state index >= 15 is 0 Å². The van der Waals surface area contributed by atoms with Gasteiger partial charge in [-0.3, -0.25) is 0 Å². The van der Waals surface area contributed by atoms with Crippen LogP contribution in [0.2, 0.25) is 0 Å². The van der Waals surface area contributed by atoms with Crippen molar-refractivity contribution in [1.29, 1.82) is 0 Å². The first-order chi connectivity index (χ1) is 4.91. The quantitative estimate of drug-likeness (QED) is 0.588. The van der Waals surface area contributed by atoms with Gasteiger partial charge >= 0.3 is 0 Å². The van der Waals surface area contributed by atoms with E-state index in [9.17, 15) is 0 Å². The van der Waals surface area contributed by atoms with Crippen molar-refractivity contribution in [2.75, 3.05) is 19.8 Å². The molecule has 0 heterocycles. The number of alkyl halides is 3. The molecule has 0 aliphatic heterocycles. The molecular weight excluding hydrogens is 210 g/mol.